The van der Waals surface area contributed by atoms with Gasteiger partial charge in [-0.25, -0.2) is 0 Å². The summed E-state index contributed by atoms with van der Waals surface area (Å²) < 4.78 is 5.30. The molecule has 1 aromatic heterocycles. The summed E-state index contributed by atoms with van der Waals surface area (Å²) in [7, 11) is 0. The molecule has 1 saturated heterocycles. The third-order valence-electron chi connectivity index (χ3n) is 6.02. The molecule has 7 nitrogen and oxygen atoms in total. The molecule has 1 aliphatic carbocycles. The van der Waals surface area contributed by atoms with Crippen LogP contribution in [0, 0.1) is 5.92 Å². The SMILES string of the molecule is CC(C)(C)c1noc(CCCC(=O)N2CCCC(C(=O)NC3CCCCC3)C2)n1. The number of nitrogens with one attached hydrogen (secondary N) is 1. The first-order valence-corrected chi connectivity index (χ1v) is 11.2. The number of aromatic nitrogens is 2. The average molecular weight is 405 g/mol. The van der Waals surface area contributed by atoms with Gasteiger partial charge in [0.2, 0.25) is 17.7 Å². The molecule has 1 unspecified atom stereocenters. The van der Waals surface area contributed by atoms with Crippen LogP contribution in [0.1, 0.15) is 90.3 Å². The molecule has 0 aromatic carbocycles. The van der Waals surface area contributed by atoms with Crippen molar-refractivity contribution >= 4 is 11.8 Å². The van der Waals surface area contributed by atoms with Crippen LogP contribution in [0.2, 0.25) is 0 Å². The van der Waals surface area contributed by atoms with Gasteiger partial charge in [-0.3, -0.25) is 9.59 Å². The molecule has 162 valence electrons. The van der Waals surface area contributed by atoms with Gasteiger partial charge < -0.3 is 14.7 Å². The lowest BCUT2D eigenvalue weighted by Crippen LogP contribution is -2.47. The van der Waals surface area contributed by atoms with Crippen molar-refractivity contribution in [3.8, 4) is 0 Å². The zero-order chi connectivity index (χ0) is 20.9. The first-order valence-electron chi connectivity index (χ1n) is 11.2. The zero-order valence-corrected chi connectivity index (χ0v) is 18.2. The van der Waals surface area contributed by atoms with Crippen LogP contribution >= 0.6 is 0 Å². The fourth-order valence-electron chi connectivity index (χ4n) is 4.19. The highest BCUT2D eigenvalue weighted by Gasteiger charge is 2.29. The Kier molecular flexibility index (Phi) is 7.30. The van der Waals surface area contributed by atoms with Crippen LogP contribution in [0.4, 0.5) is 0 Å². The lowest BCUT2D eigenvalue weighted by atomic mass is 9.93. The van der Waals surface area contributed by atoms with Crippen LogP contribution in [-0.2, 0) is 21.4 Å². The Morgan fingerprint density at radius 2 is 1.90 bits per heavy atom. The van der Waals surface area contributed by atoms with Crippen molar-refractivity contribution in [3.63, 3.8) is 0 Å². The molecule has 7 heteroatoms. The van der Waals surface area contributed by atoms with Gasteiger partial charge in [0.15, 0.2) is 5.82 Å². The third kappa shape index (κ3) is 6.28. The molecule has 2 aliphatic rings. The van der Waals surface area contributed by atoms with E-state index in [-0.39, 0.29) is 23.1 Å². The summed E-state index contributed by atoms with van der Waals surface area (Å²) in [5.41, 5.74) is -0.140. The van der Waals surface area contributed by atoms with Crippen molar-refractivity contribution in [1.29, 1.82) is 0 Å². The molecular weight excluding hydrogens is 368 g/mol. The summed E-state index contributed by atoms with van der Waals surface area (Å²) >= 11 is 0. The van der Waals surface area contributed by atoms with Gasteiger partial charge in [-0.2, -0.15) is 4.98 Å². The molecule has 1 atom stereocenters. The van der Waals surface area contributed by atoms with E-state index < -0.39 is 0 Å². The van der Waals surface area contributed by atoms with E-state index in [4.69, 9.17) is 4.52 Å². The van der Waals surface area contributed by atoms with Gasteiger partial charge in [0.25, 0.3) is 0 Å². The summed E-state index contributed by atoms with van der Waals surface area (Å²) in [4.78, 5) is 31.6. The second-order valence-corrected chi connectivity index (χ2v) is 9.64. The highest BCUT2D eigenvalue weighted by atomic mass is 16.5. The maximum absolute atomic E-state index is 12.6. The number of hydrogen-bond donors (Lipinski definition) is 1. The highest BCUT2D eigenvalue weighted by Crippen LogP contribution is 2.22. The molecule has 2 amide bonds. The van der Waals surface area contributed by atoms with Crippen molar-refractivity contribution in [2.75, 3.05) is 13.1 Å². The van der Waals surface area contributed by atoms with Crippen LogP contribution in [-0.4, -0.2) is 46.0 Å². The largest absolute Gasteiger partial charge is 0.353 e. The topological polar surface area (TPSA) is 88.3 Å². The first-order chi connectivity index (χ1) is 13.8. The Labute approximate surface area is 174 Å². The summed E-state index contributed by atoms with van der Waals surface area (Å²) in [6, 6.07) is 0.328. The van der Waals surface area contributed by atoms with Gasteiger partial charge in [0.05, 0.1) is 5.92 Å². The van der Waals surface area contributed by atoms with E-state index in [0.717, 1.165) is 32.2 Å². The predicted octanol–water partition coefficient (Wildman–Crippen LogP) is 3.38. The molecule has 3 rings (SSSR count). The van der Waals surface area contributed by atoms with Gasteiger partial charge in [0, 0.05) is 37.4 Å². The fourth-order valence-corrected chi connectivity index (χ4v) is 4.19. The van der Waals surface area contributed by atoms with Crippen LogP contribution in [0.15, 0.2) is 4.52 Å². The number of piperidine rings is 1. The Bertz CT molecular complexity index is 688. The summed E-state index contributed by atoms with van der Waals surface area (Å²) in [5, 5.41) is 7.25. The number of hydrogen-bond acceptors (Lipinski definition) is 5. The van der Waals surface area contributed by atoms with Crippen LogP contribution in [0.3, 0.4) is 0 Å². The number of aryl methyl sites for hydroxylation is 1. The van der Waals surface area contributed by atoms with Crippen LogP contribution < -0.4 is 5.32 Å². The van der Waals surface area contributed by atoms with E-state index in [0.29, 0.717) is 43.6 Å². The van der Waals surface area contributed by atoms with E-state index in [1.807, 2.05) is 25.7 Å². The van der Waals surface area contributed by atoms with E-state index >= 15 is 0 Å². The average Bonchev–Trinajstić information content (AvgIpc) is 3.18. The number of carbonyl (C=O) groups is 2. The van der Waals surface area contributed by atoms with Crippen LogP contribution in [0.25, 0.3) is 0 Å². The standard InChI is InChI=1S/C22H36N4O3/c1-22(2,3)21-24-18(29-25-21)12-7-13-19(27)26-14-8-9-16(15-26)20(28)23-17-10-5-4-6-11-17/h16-17H,4-15H2,1-3H3,(H,23,28). The molecule has 1 saturated carbocycles. The molecule has 0 radical (unpaired) electrons. The smallest absolute Gasteiger partial charge is 0.226 e. The number of nitrogens with zero attached hydrogens (tertiary/aromatic N) is 3. The van der Waals surface area contributed by atoms with Gasteiger partial charge in [-0.15, -0.1) is 0 Å². The van der Waals surface area contributed by atoms with Crippen LogP contribution in [0.5, 0.6) is 0 Å². The maximum Gasteiger partial charge on any atom is 0.226 e. The van der Waals surface area contributed by atoms with E-state index in [1.165, 1.54) is 19.3 Å². The molecule has 1 aromatic rings. The molecule has 0 bridgehead atoms. The van der Waals surface area contributed by atoms with E-state index in [9.17, 15) is 9.59 Å². The lowest BCUT2D eigenvalue weighted by molar-refractivity contribution is -0.136. The second-order valence-electron chi connectivity index (χ2n) is 9.64. The fraction of sp³-hybridized carbons (Fsp3) is 0.818. The van der Waals surface area contributed by atoms with Crippen molar-refractivity contribution in [3.05, 3.63) is 11.7 Å². The molecule has 2 fully saturated rings. The molecule has 0 spiro atoms. The van der Waals surface area contributed by atoms with Gasteiger partial charge in [-0.1, -0.05) is 45.2 Å². The predicted molar refractivity (Wildman–Crippen MR) is 110 cm³/mol. The third-order valence-corrected chi connectivity index (χ3v) is 6.02. The van der Waals surface area contributed by atoms with E-state index in [2.05, 4.69) is 15.5 Å². The summed E-state index contributed by atoms with van der Waals surface area (Å²) in [5.74, 6) is 1.47. The first kappa shape index (κ1) is 21.8. The van der Waals surface area contributed by atoms with Crippen molar-refractivity contribution in [1.82, 2.24) is 20.4 Å². The van der Waals surface area contributed by atoms with Gasteiger partial charge in [0.1, 0.15) is 0 Å². The quantitative estimate of drug-likeness (QED) is 0.785. The monoisotopic (exact) mass is 404 g/mol. The zero-order valence-electron chi connectivity index (χ0n) is 18.2. The van der Waals surface area contributed by atoms with Crippen molar-refractivity contribution in [2.24, 2.45) is 5.92 Å². The Morgan fingerprint density at radius 3 is 2.59 bits per heavy atom. The molecule has 1 N–H and O–H groups in total. The minimum Gasteiger partial charge on any atom is -0.353 e. The number of rotatable bonds is 6. The normalized spacial score (nSPS) is 21.2. The minimum absolute atomic E-state index is 0.0695. The summed E-state index contributed by atoms with van der Waals surface area (Å²) in [6.07, 6.45) is 9.38. The lowest BCUT2D eigenvalue weighted by Gasteiger charge is -2.33. The number of likely N-dealkylation sites (tertiary alicyclic amines) is 1. The second kappa shape index (κ2) is 9.72. The van der Waals surface area contributed by atoms with Crippen molar-refractivity contribution < 1.29 is 14.1 Å². The maximum atomic E-state index is 12.6. The highest BCUT2D eigenvalue weighted by molar-refractivity contribution is 5.81. The molecule has 2 heterocycles. The Balaban J connectivity index is 1.42. The molecular formula is C22H36N4O3. The number of carbonyl (C=O) groups excluding carboxylic acids is 2. The molecule has 29 heavy (non-hydrogen) atoms. The molecule has 1 aliphatic heterocycles. The Morgan fingerprint density at radius 1 is 1.14 bits per heavy atom. The van der Waals surface area contributed by atoms with Gasteiger partial charge >= 0.3 is 0 Å². The van der Waals surface area contributed by atoms with Gasteiger partial charge in [-0.05, 0) is 32.1 Å². The Hall–Kier alpha value is -1.92. The van der Waals surface area contributed by atoms with Crippen molar-refractivity contribution in [2.45, 2.75) is 96.4 Å². The summed E-state index contributed by atoms with van der Waals surface area (Å²) in [6.45, 7) is 7.43. The van der Waals surface area contributed by atoms with E-state index in [1.54, 1.807) is 0 Å². The number of amides is 2. The minimum atomic E-state index is -0.140.